The molecule has 0 radical (unpaired) electrons. The van der Waals surface area contributed by atoms with Gasteiger partial charge >= 0.3 is 0 Å². The van der Waals surface area contributed by atoms with Crippen molar-refractivity contribution >= 4 is 26.0 Å². The Kier molecular flexibility index (Phi) is 4.21. The van der Waals surface area contributed by atoms with Crippen LogP contribution in [0.25, 0.3) is 0 Å². The van der Waals surface area contributed by atoms with Gasteiger partial charge in [0.15, 0.2) is 0 Å². The lowest BCUT2D eigenvalue weighted by atomic mass is 10.2. The second-order valence-corrected chi connectivity index (χ2v) is 6.65. The van der Waals surface area contributed by atoms with E-state index in [-0.39, 0.29) is 17.5 Å². The predicted molar refractivity (Wildman–Crippen MR) is 68.9 cm³/mol. The molecular weight excluding hydrogens is 324 g/mol. The minimum atomic E-state index is -3.80. The van der Waals surface area contributed by atoms with Crippen LogP contribution in [0.2, 0.25) is 0 Å². The van der Waals surface area contributed by atoms with Crippen molar-refractivity contribution in [1.82, 2.24) is 9.71 Å². The Bertz CT molecular complexity index is 578. The highest BCUT2D eigenvalue weighted by Gasteiger charge is 2.22. The van der Waals surface area contributed by atoms with Crippen molar-refractivity contribution < 1.29 is 13.2 Å². The highest BCUT2D eigenvalue weighted by molar-refractivity contribution is 9.10. The zero-order valence-electron chi connectivity index (χ0n) is 9.48. The number of nitrogens with one attached hydrogen (secondary N) is 2. The molecule has 1 atom stereocenters. The van der Waals surface area contributed by atoms with Gasteiger partial charge in [0, 0.05) is 23.8 Å². The van der Waals surface area contributed by atoms with Crippen molar-refractivity contribution in [2.75, 3.05) is 13.2 Å². The van der Waals surface area contributed by atoms with Crippen molar-refractivity contribution in [1.29, 1.82) is 0 Å². The van der Waals surface area contributed by atoms with E-state index in [0.29, 0.717) is 11.1 Å². The van der Waals surface area contributed by atoms with Gasteiger partial charge in [-0.1, -0.05) is 0 Å². The van der Waals surface area contributed by atoms with Gasteiger partial charge < -0.3 is 9.72 Å². The number of aromatic amines is 1. The van der Waals surface area contributed by atoms with Gasteiger partial charge in [0.1, 0.15) is 4.90 Å². The van der Waals surface area contributed by atoms with Crippen molar-refractivity contribution in [2.24, 2.45) is 0 Å². The first-order valence-electron chi connectivity index (χ1n) is 5.48. The molecule has 0 spiro atoms. The number of pyridine rings is 1. The molecule has 6 nitrogen and oxygen atoms in total. The maximum atomic E-state index is 12.0. The van der Waals surface area contributed by atoms with E-state index >= 15 is 0 Å². The molecule has 1 aromatic rings. The molecule has 0 bridgehead atoms. The van der Waals surface area contributed by atoms with E-state index in [1.165, 1.54) is 12.3 Å². The van der Waals surface area contributed by atoms with Crippen LogP contribution in [-0.4, -0.2) is 32.7 Å². The van der Waals surface area contributed by atoms with Crippen LogP contribution in [0.3, 0.4) is 0 Å². The predicted octanol–water partition coefficient (Wildman–Crippen LogP) is 0.595. The van der Waals surface area contributed by atoms with Gasteiger partial charge in [-0.05, 0) is 34.8 Å². The quantitative estimate of drug-likeness (QED) is 0.842. The molecule has 1 unspecified atom stereocenters. The lowest BCUT2D eigenvalue weighted by Gasteiger charge is -2.10. The van der Waals surface area contributed by atoms with Crippen LogP contribution in [0.4, 0.5) is 0 Å². The molecule has 1 fully saturated rings. The van der Waals surface area contributed by atoms with Gasteiger partial charge in [-0.25, -0.2) is 13.1 Å². The Morgan fingerprint density at radius 2 is 2.33 bits per heavy atom. The van der Waals surface area contributed by atoms with Crippen LogP contribution in [0.5, 0.6) is 0 Å². The number of ether oxygens (including phenoxy) is 1. The summed E-state index contributed by atoms with van der Waals surface area (Å²) >= 11 is 3.12. The molecule has 1 aliphatic rings. The number of rotatable bonds is 4. The summed E-state index contributed by atoms with van der Waals surface area (Å²) in [7, 11) is -3.80. The molecule has 1 aromatic heterocycles. The molecule has 8 heteroatoms. The van der Waals surface area contributed by atoms with E-state index in [1.807, 2.05) is 0 Å². The van der Waals surface area contributed by atoms with E-state index in [4.69, 9.17) is 4.74 Å². The number of hydrogen-bond acceptors (Lipinski definition) is 4. The lowest BCUT2D eigenvalue weighted by Crippen LogP contribution is -2.34. The maximum Gasteiger partial charge on any atom is 0.268 e. The molecule has 100 valence electrons. The number of H-pyrrole nitrogens is 1. The first-order valence-corrected chi connectivity index (χ1v) is 7.76. The molecule has 1 saturated heterocycles. The van der Waals surface area contributed by atoms with Crippen LogP contribution in [0.1, 0.15) is 12.8 Å². The average Bonchev–Trinajstić information content (AvgIpc) is 2.83. The zero-order valence-corrected chi connectivity index (χ0v) is 11.9. The fourth-order valence-corrected chi connectivity index (χ4v) is 3.36. The van der Waals surface area contributed by atoms with Gasteiger partial charge in [0.25, 0.3) is 5.56 Å². The van der Waals surface area contributed by atoms with Crippen molar-refractivity contribution in [2.45, 2.75) is 23.8 Å². The summed E-state index contributed by atoms with van der Waals surface area (Å²) in [5.41, 5.74) is -0.641. The minimum Gasteiger partial charge on any atom is -0.377 e. The molecule has 0 amide bonds. The van der Waals surface area contributed by atoms with E-state index < -0.39 is 15.6 Å². The van der Waals surface area contributed by atoms with Crippen LogP contribution >= 0.6 is 15.9 Å². The Morgan fingerprint density at radius 1 is 1.56 bits per heavy atom. The SMILES string of the molecule is O=c1[nH]cc(Br)cc1S(=O)(=O)NCC1CCCO1. The van der Waals surface area contributed by atoms with Gasteiger partial charge in [-0.3, -0.25) is 4.79 Å². The van der Waals surface area contributed by atoms with Crippen LogP contribution in [-0.2, 0) is 14.8 Å². The Labute approximate surface area is 113 Å². The Balaban J connectivity index is 2.14. The van der Waals surface area contributed by atoms with Crippen molar-refractivity contribution in [3.05, 3.63) is 27.1 Å². The van der Waals surface area contributed by atoms with Gasteiger partial charge in [-0.2, -0.15) is 0 Å². The zero-order chi connectivity index (χ0) is 13.2. The van der Waals surface area contributed by atoms with Crippen LogP contribution in [0.15, 0.2) is 26.4 Å². The summed E-state index contributed by atoms with van der Waals surface area (Å²) < 4.78 is 32.1. The first-order chi connectivity index (χ1) is 8.49. The number of sulfonamides is 1. The Hall–Kier alpha value is -0.700. The molecule has 0 saturated carbocycles. The third kappa shape index (κ3) is 3.19. The number of halogens is 1. The second-order valence-electron chi connectivity index (χ2n) is 4.00. The maximum absolute atomic E-state index is 12.0. The monoisotopic (exact) mass is 336 g/mol. The minimum absolute atomic E-state index is 0.106. The summed E-state index contributed by atoms with van der Waals surface area (Å²) in [5, 5.41) is 0. The first kappa shape index (κ1) is 13.7. The van der Waals surface area contributed by atoms with E-state index in [9.17, 15) is 13.2 Å². The second kappa shape index (κ2) is 5.52. The molecule has 0 aromatic carbocycles. The van der Waals surface area contributed by atoms with Crippen molar-refractivity contribution in [3.63, 3.8) is 0 Å². The van der Waals surface area contributed by atoms with Gasteiger partial charge in [0.2, 0.25) is 10.0 Å². The molecule has 18 heavy (non-hydrogen) atoms. The molecule has 1 aliphatic heterocycles. The lowest BCUT2D eigenvalue weighted by molar-refractivity contribution is 0.114. The van der Waals surface area contributed by atoms with Crippen LogP contribution < -0.4 is 10.3 Å². The third-order valence-electron chi connectivity index (χ3n) is 2.65. The summed E-state index contributed by atoms with van der Waals surface area (Å²) in [6.07, 6.45) is 3.05. The van der Waals surface area contributed by atoms with Gasteiger partial charge in [0.05, 0.1) is 6.10 Å². The van der Waals surface area contributed by atoms with E-state index in [2.05, 4.69) is 25.6 Å². The summed E-state index contributed by atoms with van der Waals surface area (Å²) in [6.45, 7) is 0.845. The summed E-state index contributed by atoms with van der Waals surface area (Å²) in [4.78, 5) is 13.5. The Morgan fingerprint density at radius 3 is 3.00 bits per heavy atom. The summed E-state index contributed by atoms with van der Waals surface area (Å²) in [6, 6.07) is 1.27. The summed E-state index contributed by atoms with van der Waals surface area (Å²) in [5.74, 6) is 0. The fourth-order valence-electron chi connectivity index (χ4n) is 1.72. The van der Waals surface area contributed by atoms with Gasteiger partial charge in [-0.15, -0.1) is 0 Å². The fraction of sp³-hybridized carbons (Fsp3) is 0.500. The number of hydrogen-bond donors (Lipinski definition) is 2. The van der Waals surface area contributed by atoms with E-state index in [1.54, 1.807) is 0 Å². The highest BCUT2D eigenvalue weighted by Crippen LogP contribution is 2.13. The highest BCUT2D eigenvalue weighted by atomic mass is 79.9. The molecule has 2 heterocycles. The van der Waals surface area contributed by atoms with Crippen molar-refractivity contribution in [3.8, 4) is 0 Å². The smallest absolute Gasteiger partial charge is 0.268 e. The molecule has 2 N–H and O–H groups in total. The van der Waals surface area contributed by atoms with Crippen LogP contribution in [0, 0.1) is 0 Å². The van der Waals surface area contributed by atoms with E-state index in [0.717, 1.165) is 12.8 Å². The standard InChI is InChI=1S/C10H13BrN2O4S/c11-7-4-9(10(14)12-5-7)18(15,16)13-6-8-2-1-3-17-8/h4-5,8,13H,1-3,6H2,(H,12,14). The topological polar surface area (TPSA) is 88.3 Å². The third-order valence-corrected chi connectivity index (χ3v) is 4.54. The molecular formula is C10H13BrN2O4S. The molecule has 0 aliphatic carbocycles. The largest absolute Gasteiger partial charge is 0.377 e. The number of aromatic nitrogens is 1. The molecule has 2 rings (SSSR count). The average molecular weight is 337 g/mol. The normalized spacial score (nSPS) is 20.2.